The maximum atomic E-state index is 14.8. The molecule has 1 N–H and O–H groups in total. The Morgan fingerprint density at radius 2 is 1.83 bits per heavy atom. The molecule has 35 heavy (non-hydrogen) atoms. The van der Waals surface area contributed by atoms with Crippen molar-refractivity contribution in [3.63, 3.8) is 0 Å². The second-order valence-corrected chi connectivity index (χ2v) is 9.34. The van der Waals surface area contributed by atoms with Gasteiger partial charge < -0.3 is 5.32 Å². The number of aryl methyl sites for hydroxylation is 2. The Kier molecular flexibility index (Phi) is 8.88. The molecule has 2 heterocycles. The fourth-order valence-electron chi connectivity index (χ4n) is 4.75. The maximum absolute atomic E-state index is 14.8. The van der Waals surface area contributed by atoms with Crippen LogP contribution in [0, 0.1) is 23.4 Å². The summed E-state index contributed by atoms with van der Waals surface area (Å²) >= 11 is 0. The summed E-state index contributed by atoms with van der Waals surface area (Å²) in [5, 5.41) is 3.48. The predicted octanol–water partition coefficient (Wildman–Crippen LogP) is 5.56. The van der Waals surface area contributed by atoms with Crippen molar-refractivity contribution in [2.75, 3.05) is 26.2 Å². The monoisotopic (exact) mass is 482 g/mol. The van der Waals surface area contributed by atoms with Crippen LogP contribution in [-0.2, 0) is 19.4 Å². The first-order valence-electron chi connectivity index (χ1n) is 12.5. The Labute approximate surface area is 205 Å². The molecular weight excluding hydrogens is 449 g/mol. The molecule has 1 saturated heterocycles. The molecule has 0 radical (unpaired) electrons. The third-order valence-electron chi connectivity index (χ3n) is 6.57. The van der Waals surface area contributed by atoms with Gasteiger partial charge >= 0.3 is 0 Å². The normalized spacial score (nSPS) is 16.1. The Balaban J connectivity index is 1.41. The van der Waals surface area contributed by atoms with E-state index in [-0.39, 0.29) is 5.82 Å². The van der Waals surface area contributed by atoms with Crippen LogP contribution in [0.2, 0.25) is 0 Å². The van der Waals surface area contributed by atoms with Gasteiger partial charge in [-0.05, 0) is 92.7 Å². The molecule has 0 saturated carbocycles. The molecule has 0 aliphatic carbocycles. The summed E-state index contributed by atoms with van der Waals surface area (Å²) in [6.45, 7) is 7.06. The first-order chi connectivity index (χ1) is 17.0. The third-order valence-corrected chi connectivity index (χ3v) is 6.57. The van der Waals surface area contributed by atoms with Gasteiger partial charge in [0.2, 0.25) is 0 Å². The van der Waals surface area contributed by atoms with Gasteiger partial charge in [0.25, 0.3) is 0 Å². The Morgan fingerprint density at radius 1 is 1.00 bits per heavy atom. The van der Waals surface area contributed by atoms with E-state index >= 15 is 0 Å². The molecule has 7 heteroatoms. The van der Waals surface area contributed by atoms with Crippen molar-refractivity contribution in [1.29, 1.82) is 0 Å². The van der Waals surface area contributed by atoms with Gasteiger partial charge in [0.1, 0.15) is 23.3 Å². The molecule has 4 nitrogen and oxygen atoms in total. The van der Waals surface area contributed by atoms with E-state index in [0.717, 1.165) is 44.4 Å². The molecule has 0 amide bonds. The molecule has 186 valence electrons. The molecule has 4 rings (SSSR count). The van der Waals surface area contributed by atoms with Crippen molar-refractivity contribution in [3.8, 4) is 11.3 Å². The molecule has 1 aliphatic rings. The SMILES string of the molecule is CCN(Cc1ccc(F)c(-c2ccnc(CCCc3cc(F)cc(F)c3)n2)c1)C[C@H]1CCCNC1. The Hall–Kier alpha value is -2.77. The zero-order valence-electron chi connectivity index (χ0n) is 20.2. The maximum Gasteiger partial charge on any atom is 0.132 e. The molecule has 0 spiro atoms. The Morgan fingerprint density at radius 3 is 2.57 bits per heavy atom. The molecule has 1 fully saturated rings. The fourth-order valence-corrected chi connectivity index (χ4v) is 4.75. The highest BCUT2D eigenvalue weighted by molar-refractivity contribution is 5.60. The van der Waals surface area contributed by atoms with Crippen molar-refractivity contribution < 1.29 is 13.2 Å². The van der Waals surface area contributed by atoms with E-state index in [1.807, 2.05) is 12.1 Å². The van der Waals surface area contributed by atoms with E-state index in [1.54, 1.807) is 12.3 Å². The van der Waals surface area contributed by atoms with Crippen LogP contribution >= 0.6 is 0 Å². The van der Waals surface area contributed by atoms with Gasteiger partial charge in [0, 0.05) is 37.3 Å². The largest absolute Gasteiger partial charge is 0.316 e. The highest BCUT2D eigenvalue weighted by Gasteiger charge is 2.17. The van der Waals surface area contributed by atoms with E-state index in [9.17, 15) is 13.2 Å². The second kappa shape index (κ2) is 12.3. The van der Waals surface area contributed by atoms with E-state index in [2.05, 4.69) is 27.1 Å². The molecule has 0 unspecified atom stereocenters. The van der Waals surface area contributed by atoms with Crippen LogP contribution in [0.4, 0.5) is 13.2 Å². The van der Waals surface area contributed by atoms with Crippen LogP contribution in [-0.4, -0.2) is 41.0 Å². The lowest BCUT2D eigenvalue weighted by atomic mass is 9.98. The summed E-state index contributed by atoms with van der Waals surface area (Å²) in [5.74, 6) is -0.231. The van der Waals surface area contributed by atoms with Gasteiger partial charge in [0.05, 0.1) is 5.69 Å². The zero-order valence-corrected chi connectivity index (χ0v) is 20.2. The number of hydrogen-bond acceptors (Lipinski definition) is 4. The fraction of sp³-hybridized carbons (Fsp3) is 0.429. The lowest BCUT2D eigenvalue weighted by Crippen LogP contribution is -2.38. The number of halogens is 3. The smallest absolute Gasteiger partial charge is 0.132 e. The van der Waals surface area contributed by atoms with Crippen molar-refractivity contribution in [2.45, 2.75) is 45.6 Å². The third kappa shape index (κ3) is 7.36. The van der Waals surface area contributed by atoms with Crippen LogP contribution in [0.1, 0.15) is 43.1 Å². The van der Waals surface area contributed by atoms with Crippen LogP contribution in [0.15, 0.2) is 48.7 Å². The van der Waals surface area contributed by atoms with Gasteiger partial charge in [-0.15, -0.1) is 0 Å². The highest BCUT2D eigenvalue weighted by atomic mass is 19.1. The standard InChI is InChI=1S/C28H33F3N4/c1-2-35(19-22-6-4-11-32-17-22)18-21-8-9-26(31)25(15-21)27-10-12-33-28(34-27)7-3-5-20-13-23(29)16-24(30)14-20/h8-10,12-16,22,32H,2-7,11,17-19H2,1H3/t22-/m0/s1. The average molecular weight is 483 g/mol. The van der Waals surface area contributed by atoms with Crippen LogP contribution in [0.5, 0.6) is 0 Å². The average Bonchev–Trinajstić information content (AvgIpc) is 2.85. The number of piperidine rings is 1. The summed E-state index contributed by atoms with van der Waals surface area (Å²) in [4.78, 5) is 11.3. The molecule has 1 aromatic heterocycles. The summed E-state index contributed by atoms with van der Waals surface area (Å²) in [6, 6.07) is 10.5. The summed E-state index contributed by atoms with van der Waals surface area (Å²) in [5.41, 5.74) is 2.67. The molecule has 1 aliphatic heterocycles. The number of hydrogen-bond donors (Lipinski definition) is 1. The quantitative estimate of drug-likeness (QED) is 0.411. The van der Waals surface area contributed by atoms with Crippen molar-refractivity contribution in [2.24, 2.45) is 5.92 Å². The molecule has 3 aromatic rings. The number of nitrogens with zero attached hydrogens (tertiary/aromatic N) is 3. The summed E-state index contributed by atoms with van der Waals surface area (Å²) in [6.07, 6.45) is 5.78. The van der Waals surface area contributed by atoms with Crippen molar-refractivity contribution in [3.05, 3.63) is 83.1 Å². The first kappa shape index (κ1) is 25.3. The molecular formula is C28H33F3N4. The van der Waals surface area contributed by atoms with Gasteiger partial charge in [-0.25, -0.2) is 23.1 Å². The van der Waals surface area contributed by atoms with Gasteiger partial charge in [-0.3, -0.25) is 4.90 Å². The van der Waals surface area contributed by atoms with Crippen LogP contribution in [0.25, 0.3) is 11.3 Å². The topological polar surface area (TPSA) is 41.1 Å². The van der Waals surface area contributed by atoms with Crippen LogP contribution < -0.4 is 5.32 Å². The minimum absolute atomic E-state index is 0.312. The highest BCUT2D eigenvalue weighted by Crippen LogP contribution is 2.24. The van der Waals surface area contributed by atoms with Gasteiger partial charge in [0.15, 0.2) is 0 Å². The number of nitrogens with one attached hydrogen (secondary N) is 1. The molecule has 2 aromatic carbocycles. The van der Waals surface area contributed by atoms with E-state index < -0.39 is 11.6 Å². The minimum atomic E-state index is -0.578. The second-order valence-electron chi connectivity index (χ2n) is 9.34. The summed E-state index contributed by atoms with van der Waals surface area (Å²) < 4.78 is 41.6. The molecule has 1 atom stereocenters. The first-order valence-corrected chi connectivity index (χ1v) is 12.5. The van der Waals surface area contributed by atoms with E-state index in [1.165, 1.54) is 31.0 Å². The van der Waals surface area contributed by atoms with Crippen molar-refractivity contribution >= 4 is 0 Å². The number of aromatic nitrogens is 2. The summed E-state index contributed by atoms with van der Waals surface area (Å²) in [7, 11) is 0. The predicted molar refractivity (Wildman–Crippen MR) is 132 cm³/mol. The number of benzene rings is 2. The minimum Gasteiger partial charge on any atom is -0.316 e. The zero-order chi connectivity index (χ0) is 24.6. The van der Waals surface area contributed by atoms with Crippen molar-refractivity contribution in [1.82, 2.24) is 20.2 Å². The van der Waals surface area contributed by atoms with Crippen LogP contribution in [0.3, 0.4) is 0 Å². The van der Waals surface area contributed by atoms with Gasteiger partial charge in [-0.2, -0.15) is 0 Å². The number of rotatable bonds is 10. The Bertz CT molecular complexity index is 1090. The molecule has 0 bridgehead atoms. The lowest BCUT2D eigenvalue weighted by molar-refractivity contribution is 0.209. The van der Waals surface area contributed by atoms with E-state index in [0.29, 0.717) is 47.8 Å². The van der Waals surface area contributed by atoms with E-state index in [4.69, 9.17) is 0 Å². The van der Waals surface area contributed by atoms with Gasteiger partial charge in [-0.1, -0.05) is 13.0 Å². The lowest BCUT2D eigenvalue weighted by Gasteiger charge is -2.29.